The molecular weight excluding hydrogens is 376 g/mol. The smallest absolute Gasteiger partial charge is 0.450 e. The summed E-state index contributed by atoms with van der Waals surface area (Å²) in [6.45, 7) is 8.95. The lowest BCUT2D eigenvalue weighted by Crippen LogP contribution is -2.30. The SMILES string of the molecule is CCCCC(OOC(C)OOC(C)(C)C)C(=O)OO.O=C(O)O.O=C(O)O. The van der Waals surface area contributed by atoms with Crippen molar-refractivity contribution < 1.29 is 64.5 Å². The Morgan fingerprint density at radius 3 is 1.70 bits per heavy atom. The Bertz CT molecular complexity index is 384. The number of carbonyl (C=O) groups excluding carboxylic acids is 1. The van der Waals surface area contributed by atoms with Gasteiger partial charge in [-0.15, -0.1) is 0 Å². The maximum Gasteiger partial charge on any atom is 0.503 e. The predicted octanol–water partition coefficient (Wildman–Crippen LogP) is 3.05. The van der Waals surface area contributed by atoms with Crippen LogP contribution in [0.4, 0.5) is 9.59 Å². The topological polar surface area (TPSA) is 199 Å². The number of carbonyl (C=O) groups is 3. The molecule has 0 fully saturated rings. The summed E-state index contributed by atoms with van der Waals surface area (Å²) in [7, 11) is 0. The van der Waals surface area contributed by atoms with Crippen molar-refractivity contribution in [3.05, 3.63) is 0 Å². The van der Waals surface area contributed by atoms with Crippen LogP contribution in [-0.4, -0.2) is 62.0 Å². The molecule has 0 aliphatic heterocycles. The fourth-order valence-electron chi connectivity index (χ4n) is 1.03. The molecule has 0 aromatic heterocycles. The highest BCUT2D eigenvalue weighted by molar-refractivity contribution is 5.73. The normalized spacial score (nSPS) is 12.4. The summed E-state index contributed by atoms with van der Waals surface area (Å²) in [5.74, 6) is -0.905. The minimum atomic E-state index is -1.83. The van der Waals surface area contributed by atoms with Crippen LogP contribution >= 0.6 is 0 Å². The van der Waals surface area contributed by atoms with E-state index in [2.05, 4.69) is 4.89 Å². The van der Waals surface area contributed by atoms with Crippen molar-refractivity contribution in [2.24, 2.45) is 0 Å². The summed E-state index contributed by atoms with van der Waals surface area (Å²) >= 11 is 0. The largest absolute Gasteiger partial charge is 0.503 e. The van der Waals surface area contributed by atoms with Gasteiger partial charge in [-0.05, 0) is 34.1 Å². The number of rotatable bonds is 9. The van der Waals surface area contributed by atoms with Gasteiger partial charge in [0.05, 0.1) is 5.60 Å². The van der Waals surface area contributed by atoms with Gasteiger partial charge < -0.3 is 20.4 Å². The predicted molar refractivity (Wildman–Crippen MR) is 86.9 cm³/mol. The molecule has 0 aromatic rings. The van der Waals surface area contributed by atoms with Gasteiger partial charge in [0.25, 0.3) is 0 Å². The van der Waals surface area contributed by atoms with Crippen molar-refractivity contribution in [1.82, 2.24) is 0 Å². The second-order valence-electron chi connectivity index (χ2n) is 5.66. The quantitative estimate of drug-likeness (QED) is 0.213. The molecule has 162 valence electrons. The van der Waals surface area contributed by atoms with Gasteiger partial charge in [0.1, 0.15) is 0 Å². The maximum atomic E-state index is 11.2. The number of hydrogen-bond donors (Lipinski definition) is 5. The summed E-state index contributed by atoms with van der Waals surface area (Å²) in [5, 5.41) is 36.2. The number of unbranched alkanes of at least 4 members (excludes halogenated alkanes) is 1. The zero-order chi connectivity index (χ0) is 22.0. The number of hydrogen-bond acceptors (Lipinski definition) is 9. The lowest BCUT2D eigenvalue weighted by molar-refractivity contribution is -0.483. The highest BCUT2D eigenvalue weighted by Gasteiger charge is 2.24. The standard InChI is InChI=1S/C12H24O7.2CH2O3/c1-6-7-8-10(11(13)15-14)18-16-9(2)17-19-12(3,4)5;2*2-1(3)4/h9-10,14H,6-8H2,1-5H3;2*(H2,2,3,4). The molecule has 13 heteroatoms. The van der Waals surface area contributed by atoms with Crippen LogP contribution in [0.2, 0.25) is 0 Å². The van der Waals surface area contributed by atoms with Gasteiger partial charge in [-0.3, -0.25) is 4.89 Å². The molecule has 0 amide bonds. The highest BCUT2D eigenvalue weighted by Crippen LogP contribution is 2.12. The molecule has 2 unspecified atom stereocenters. The Hall–Kier alpha value is -2.19. The third kappa shape index (κ3) is 32.0. The van der Waals surface area contributed by atoms with Gasteiger partial charge in [0, 0.05) is 0 Å². The van der Waals surface area contributed by atoms with Crippen LogP contribution in [0.1, 0.15) is 53.9 Å². The van der Waals surface area contributed by atoms with Crippen molar-refractivity contribution >= 4 is 18.3 Å². The van der Waals surface area contributed by atoms with Crippen molar-refractivity contribution in [2.45, 2.75) is 71.9 Å². The van der Waals surface area contributed by atoms with Crippen LogP contribution in [0.3, 0.4) is 0 Å². The molecule has 0 aromatic carbocycles. The van der Waals surface area contributed by atoms with E-state index in [0.29, 0.717) is 6.42 Å². The van der Waals surface area contributed by atoms with E-state index in [0.717, 1.165) is 12.8 Å². The van der Waals surface area contributed by atoms with E-state index in [1.54, 1.807) is 6.92 Å². The maximum absolute atomic E-state index is 11.2. The fraction of sp³-hybridized carbons (Fsp3) is 0.786. The van der Waals surface area contributed by atoms with Crippen molar-refractivity contribution in [1.29, 1.82) is 0 Å². The first-order chi connectivity index (χ1) is 12.3. The molecule has 5 N–H and O–H groups in total. The van der Waals surface area contributed by atoms with Gasteiger partial charge in [0.2, 0.25) is 6.29 Å². The molecular formula is C14H28O13. The molecule has 13 nitrogen and oxygen atoms in total. The van der Waals surface area contributed by atoms with Crippen LogP contribution < -0.4 is 0 Å². The average molecular weight is 404 g/mol. The monoisotopic (exact) mass is 404 g/mol. The Balaban J connectivity index is -0.000000603. The summed E-state index contributed by atoms with van der Waals surface area (Å²) in [5.41, 5.74) is -0.483. The summed E-state index contributed by atoms with van der Waals surface area (Å²) in [6, 6.07) is 0. The average Bonchev–Trinajstić information content (AvgIpc) is 2.50. The van der Waals surface area contributed by atoms with E-state index >= 15 is 0 Å². The van der Waals surface area contributed by atoms with Gasteiger partial charge in [-0.2, -0.15) is 5.26 Å². The lowest BCUT2D eigenvalue weighted by atomic mass is 10.2. The van der Waals surface area contributed by atoms with Gasteiger partial charge in [0.15, 0.2) is 6.10 Å². The second kappa shape index (κ2) is 17.2. The van der Waals surface area contributed by atoms with Gasteiger partial charge >= 0.3 is 18.3 Å². The summed E-state index contributed by atoms with van der Waals surface area (Å²) < 4.78 is 0. The lowest BCUT2D eigenvalue weighted by Gasteiger charge is -2.21. The molecule has 0 radical (unpaired) electrons. The Morgan fingerprint density at radius 2 is 1.37 bits per heavy atom. The minimum absolute atomic E-state index is 0.378. The summed E-state index contributed by atoms with van der Waals surface area (Å²) in [6.07, 6.45) is -3.50. The summed E-state index contributed by atoms with van der Waals surface area (Å²) in [4.78, 5) is 51.6. The second-order valence-corrected chi connectivity index (χ2v) is 5.66. The highest BCUT2D eigenvalue weighted by atomic mass is 17.3. The molecule has 0 rings (SSSR count). The number of carboxylic acid groups (broad SMARTS) is 4. The molecule has 0 aliphatic carbocycles. The Labute approximate surface area is 155 Å². The molecule has 27 heavy (non-hydrogen) atoms. The van der Waals surface area contributed by atoms with E-state index in [1.165, 1.54) is 0 Å². The molecule has 0 spiro atoms. The van der Waals surface area contributed by atoms with Gasteiger partial charge in [-0.1, -0.05) is 19.8 Å². The Morgan fingerprint density at radius 1 is 0.926 bits per heavy atom. The van der Waals surface area contributed by atoms with Crippen LogP contribution in [0.25, 0.3) is 0 Å². The van der Waals surface area contributed by atoms with Crippen LogP contribution in [0.5, 0.6) is 0 Å². The van der Waals surface area contributed by atoms with Crippen LogP contribution in [-0.2, 0) is 29.2 Å². The van der Waals surface area contributed by atoms with Gasteiger partial charge in [-0.25, -0.2) is 33.9 Å². The molecule has 0 bridgehead atoms. The van der Waals surface area contributed by atoms with Crippen LogP contribution in [0.15, 0.2) is 0 Å². The molecule has 0 saturated carbocycles. The van der Waals surface area contributed by atoms with Crippen molar-refractivity contribution in [3.63, 3.8) is 0 Å². The zero-order valence-corrected chi connectivity index (χ0v) is 15.8. The third-order valence-electron chi connectivity index (χ3n) is 1.91. The van der Waals surface area contributed by atoms with E-state index in [4.69, 9.17) is 54.8 Å². The first kappa shape index (κ1) is 29.6. The molecule has 0 aliphatic rings. The minimum Gasteiger partial charge on any atom is -0.450 e. The van der Waals surface area contributed by atoms with Crippen LogP contribution in [0, 0.1) is 0 Å². The first-order valence-electron chi connectivity index (χ1n) is 7.62. The van der Waals surface area contributed by atoms with E-state index in [-0.39, 0.29) is 0 Å². The third-order valence-corrected chi connectivity index (χ3v) is 1.91. The Kier molecular flexibility index (Phi) is 18.9. The van der Waals surface area contributed by atoms with E-state index in [1.807, 2.05) is 27.7 Å². The molecule has 2 atom stereocenters. The van der Waals surface area contributed by atoms with Crippen molar-refractivity contribution in [2.75, 3.05) is 0 Å². The van der Waals surface area contributed by atoms with E-state index in [9.17, 15) is 4.79 Å². The first-order valence-corrected chi connectivity index (χ1v) is 7.62. The van der Waals surface area contributed by atoms with Crippen molar-refractivity contribution in [3.8, 4) is 0 Å². The zero-order valence-electron chi connectivity index (χ0n) is 15.8. The molecule has 0 heterocycles. The molecule has 0 saturated heterocycles. The van der Waals surface area contributed by atoms with E-state index < -0.39 is 36.3 Å². The fourth-order valence-corrected chi connectivity index (χ4v) is 1.03.